The van der Waals surface area contributed by atoms with Crippen LogP contribution in [0.25, 0.3) is 11.3 Å². The molecule has 1 heterocycles. The third-order valence-corrected chi connectivity index (χ3v) is 2.61. The molecule has 6 heteroatoms. The lowest BCUT2D eigenvalue weighted by Crippen LogP contribution is -2.10. The van der Waals surface area contributed by atoms with Crippen molar-refractivity contribution in [2.24, 2.45) is 0 Å². The van der Waals surface area contributed by atoms with Crippen LogP contribution in [0, 0.1) is 0 Å². The molecule has 0 radical (unpaired) electrons. The van der Waals surface area contributed by atoms with Gasteiger partial charge in [0.1, 0.15) is 0 Å². The molecule has 0 saturated heterocycles. The fourth-order valence-corrected chi connectivity index (χ4v) is 1.57. The Morgan fingerprint density at radius 3 is 2.63 bits per heavy atom. The Balaban J connectivity index is 2.42. The highest BCUT2D eigenvalue weighted by molar-refractivity contribution is 5.92. The molecule has 0 unspecified atom stereocenters. The molecule has 2 rings (SSSR count). The number of carbonyl (C=O) groups excluding carboxylic acids is 1. The van der Waals surface area contributed by atoms with Crippen LogP contribution >= 0.6 is 0 Å². The number of methoxy groups -OCH3 is 1. The molecule has 0 aliphatic heterocycles. The van der Waals surface area contributed by atoms with E-state index in [4.69, 9.17) is 10.8 Å². The molecule has 0 spiro atoms. The van der Waals surface area contributed by atoms with Gasteiger partial charge in [-0.15, -0.1) is 0 Å². The van der Waals surface area contributed by atoms with Crippen LogP contribution in [0.5, 0.6) is 0 Å². The summed E-state index contributed by atoms with van der Waals surface area (Å²) in [7, 11) is 1.26. The van der Waals surface area contributed by atoms with Gasteiger partial charge in [-0.2, -0.15) is 0 Å². The lowest BCUT2D eigenvalue weighted by molar-refractivity contribution is 0.0595. The normalized spacial score (nSPS) is 10.2. The number of benzene rings is 1. The van der Waals surface area contributed by atoms with Crippen LogP contribution in [0.4, 0.5) is 5.82 Å². The van der Waals surface area contributed by atoms with Crippen molar-refractivity contribution < 1.29 is 14.6 Å². The summed E-state index contributed by atoms with van der Waals surface area (Å²) >= 11 is 0. The Kier molecular flexibility index (Phi) is 3.72. The summed E-state index contributed by atoms with van der Waals surface area (Å²) < 4.78 is 4.59. The van der Waals surface area contributed by atoms with Crippen LogP contribution in [0.2, 0.25) is 0 Å². The average Bonchev–Trinajstić information content (AvgIpc) is 2.47. The van der Waals surface area contributed by atoms with Crippen molar-refractivity contribution in [3.8, 4) is 11.3 Å². The van der Waals surface area contributed by atoms with Crippen LogP contribution in [-0.2, 0) is 11.3 Å². The maximum Gasteiger partial charge on any atom is 0.360 e. The highest BCUT2D eigenvalue weighted by Gasteiger charge is 2.14. The zero-order valence-electron chi connectivity index (χ0n) is 10.3. The van der Waals surface area contributed by atoms with Gasteiger partial charge in [0, 0.05) is 5.56 Å². The third-order valence-electron chi connectivity index (χ3n) is 2.61. The van der Waals surface area contributed by atoms with Gasteiger partial charge in [0.15, 0.2) is 11.5 Å². The third kappa shape index (κ3) is 2.69. The molecule has 0 fully saturated rings. The zero-order valence-corrected chi connectivity index (χ0v) is 10.3. The Labute approximate surface area is 109 Å². The number of aromatic nitrogens is 2. The monoisotopic (exact) mass is 259 g/mol. The lowest BCUT2D eigenvalue weighted by Gasteiger charge is -2.06. The molecular weight excluding hydrogens is 246 g/mol. The first-order valence-electron chi connectivity index (χ1n) is 5.56. The minimum Gasteiger partial charge on any atom is -0.464 e. The highest BCUT2D eigenvalue weighted by atomic mass is 16.5. The molecule has 3 N–H and O–H groups in total. The predicted molar refractivity (Wildman–Crippen MR) is 69.1 cm³/mol. The Morgan fingerprint density at radius 1 is 1.37 bits per heavy atom. The van der Waals surface area contributed by atoms with Gasteiger partial charge in [-0.05, 0) is 5.56 Å². The van der Waals surface area contributed by atoms with E-state index < -0.39 is 5.97 Å². The fraction of sp³-hybridized carbons (Fsp3) is 0.154. The van der Waals surface area contributed by atoms with Gasteiger partial charge in [-0.3, -0.25) is 0 Å². The number of aliphatic hydroxyl groups is 1. The molecule has 0 aliphatic rings. The summed E-state index contributed by atoms with van der Waals surface area (Å²) in [6, 6.07) is 7.11. The second kappa shape index (κ2) is 5.45. The van der Waals surface area contributed by atoms with Crippen molar-refractivity contribution in [1.29, 1.82) is 0 Å². The first-order valence-corrected chi connectivity index (χ1v) is 5.56. The summed E-state index contributed by atoms with van der Waals surface area (Å²) in [6.07, 6.45) is 1.48. The number of rotatable bonds is 3. The lowest BCUT2D eigenvalue weighted by atomic mass is 10.1. The van der Waals surface area contributed by atoms with E-state index in [0.29, 0.717) is 5.69 Å². The molecule has 0 aliphatic carbocycles. The second-order valence-electron chi connectivity index (χ2n) is 3.84. The highest BCUT2D eigenvalue weighted by Crippen LogP contribution is 2.19. The van der Waals surface area contributed by atoms with E-state index in [-0.39, 0.29) is 18.1 Å². The van der Waals surface area contributed by atoms with Crippen molar-refractivity contribution >= 4 is 11.8 Å². The number of ether oxygens (including phenoxy) is 1. The van der Waals surface area contributed by atoms with Gasteiger partial charge in [0.05, 0.1) is 25.6 Å². The van der Waals surface area contributed by atoms with E-state index in [9.17, 15) is 4.79 Å². The maximum atomic E-state index is 11.5. The minimum atomic E-state index is -0.626. The van der Waals surface area contributed by atoms with Gasteiger partial charge < -0.3 is 15.6 Å². The van der Waals surface area contributed by atoms with Crippen molar-refractivity contribution in [3.63, 3.8) is 0 Å². The number of nitrogens with two attached hydrogens (primary N) is 1. The van der Waals surface area contributed by atoms with Crippen LogP contribution in [0.15, 0.2) is 30.5 Å². The first-order chi connectivity index (χ1) is 9.15. The second-order valence-corrected chi connectivity index (χ2v) is 3.84. The molecule has 98 valence electrons. The number of carbonyl (C=O) groups is 1. The summed E-state index contributed by atoms with van der Waals surface area (Å²) in [4.78, 5) is 19.6. The van der Waals surface area contributed by atoms with Crippen LogP contribution < -0.4 is 5.73 Å². The quantitative estimate of drug-likeness (QED) is 0.798. The van der Waals surface area contributed by atoms with E-state index in [0.717, 1.165) is 11.1 Å². The molecule has 0 atom stereocenters. The standard InChI is InChI=1S/C13H13N3O3/c1-19-13(18)11-12(14)15-6-10(16-11)9-4-2-8(7-17)3-5-9/h2-6,17H,7H2,1H3,(H2,14,15). The topological polar surface area (TPSA) is 98.3 Å². The molecule has 0 saturated carbocycles. The smallest absolute Gasteiger partial charge is 0.360 e. The predicted octanol–water partition coefficient (Wildman–Crippen LogP) is 1.00. The largest absolute Gasteiger partial charge is 0.464 e. The molecular formula is C13H13N3O3. The number of nitrogens with zero attached hydrogens (tertiary/aromatic N) is 2. The Morgan fingerprint density at radius 2 is 2.05 bits per heavy atom. The van der Waals surface area contributed by atoms with Gasteiger partial charge in [0.2, 0.25) is 0 Å². The maximum absolute atomic E-state index is 11.5. The van der Waals surface area contributed by atoms with E-state index in [1.54, 1.807) is 24.3 Å². The molecule has 0 amide bonds. The number of hydrogen-bond donors (Lipinski definition) is 2. The number of esters is 1. The average molecular weight is 259 g/mol. The summed E-state index contributed by atoms with van der Waals surface area (Å²) in [5.74, 6) is -0.596. The van der Waals surface area contributed by atoms with Crippen LogP contribution in [0.3, 0.4) is 0 Å². The Hall–Kier alpha value is -2.47. The number of anilines is 1. The van der Waals surface area contributed by atoms with E-state index in [2.05, 4.69) is 14.7 Å². The van der Waals surface area contributed by atoms with Gasteiger partial charge >= 0.3 is 5.97 Å². The molecule has 19 heavy (non-hydrogen) atoms. The van der Waals surface area contributed by atoms with E-state index in [1.807, 2.05) is 0 Å². The Bertz CT molecular complexity index is 597. The van der Waals surface area contributed by atoms with Crippen LogP contribution in [-0.4, -0.2) is 28.2 Å². The van der Waals surface area contributed by atoms with E-state index in [1.165, 1.54) is 13.3 Å². The summed E-state index contributed by atoms with van der Waals surface area (Å²) in [5, 5.41) is 8.98. The van der Waals surface area contributed by atoms with E-state index >= 15 is 0 Å². The minimum absolute atomic E-state index is 0.00812. The molecule has 1 aromatic heterocycles. The van der Waals surface area contributed by atoms with Crippen LogP contribution in [0.1, 0.15) is 16.1 Å². The fourth-order valence-electron chi connectivity index (χ4n) is 1.57. The SMILES string of the molecule is COC(=O)c1nc(-c2ccc(CO)cc2)cnc1N. The summed E-state index contributed by atoms with van der Waals surface area (Å²) in [5.41, 5.74) is 7.65. The zero-order chi connectivity index (χ0) is 13.8. The number of hydrogen-bond acceptors (Lipinski definition) is 6. The van der Waals surface area contributed by atoms with Gasteiger partial charge in [-0.1, -0.05) is 24.3 Å². The molecule has 2 aromatic rings. The van der Waals surface area contributed by atoms with Crippen molar-refractivity contribution in [2.75, 3.05) is 12.8 Å². The van der Waals surface area contributed by atoms with Crippen molar-refractivity contribution in [2.45, 2.75) is 6.61 Å². The molecule has 6 nitrogen and oxygen atoms in total. The van der Waals surface area contributed by atoms with Crippen molar-refractivity contribution in [3.05, 3.63) is 41.7 Å². The molecule has 0 bridgehead atoms. The number of aliphatic hydroxyl groups excluding tert-OH is 1. The number of nitrogen functional groups attached to an aromatic ring is 1. The van der Waals surface area contributed by atoms with Gasteiger partial charge in [0.25, 0.3) is 0 Å². The van der Waals surface area contributed by atoms with Crippen molar-refractivity contribution in [1.82, 2.24) is 9.97 Å². The molecule has 1 aromatic carbocycles. The summed E-state index contributed by atoms with van der Waals surface area (Å²) in [6.45, 7) is -0.0267. The first kappa shape index (κ1) is 13.0. The van der Waals surface area contributed by atoms with Gasteiger partial charge in [-0.25, -0.2) is 14.8 Å².